The summed E-state index contributed by atoms with van der Waals surface area (Å²) in [5, 5.41) is 23.6. The van der Waals surface area contributed by atoms with Gasteiger partial charge in [0.2, 0.25) is 0 Å². The summed E-state index contributed by atoms with van der Waals surface area (Å²) in [7, 11) is 0. The van der Waals surface area contributed by atoms with Crippen LogP contribution in [0.2, 0.25) is 0 Å². The van der Waals surface area contributed by atoms with Crippen LogP contribution >= 0.6 is 11.3 Å². The number of carboxylic acid groups (broad SMARTS) is 3. The number of thiophene rings is 1. The Morgan fingerprint density at radius 3 is 1.40 bits per heavy atom. The van der Waals surface area contributed by atoms with Crippen molar-refractivity contribution in [3.8, 4) is 0 Å². The van der Waals surface area contributed by atoms with Gasteiger partial charge in [0.05, 0.1) is 5.69 Å². The highest BCUT2D eigenvalue weighted by Gasteiger charge is 2.40. The van der Waals surface area contributed by atoms with Crippen molar-refractivity contribution in [2.24, 2.45) is 5.41 Å². The molecule has 2 aromatic rings. The first-order valence-corrected chi connectivity index (χ1v) is 13.8. The van der Waals surface area contributed by atoms with E-state index in [0.717, 1.165) is 13.1 Å². The van der Waals surface area contributed by atoms with E-state index < -0.39 is 36.4 Å². The second-order valence-electron chi connectivity index (χ2n) is 9.86. The summed E-state index contributed by atoms with van der Waals surface area (Å²) in [6.07, 6.45) is -7.84. The summed E-state index contributed by atoms with van der Waals surface area (Å²) in [5.41, 5.74) is 1.83. The van der Waals surface area contributed by atoms with Crippen molar-refractivity contribution >= 4 is 29.2 Å². The third kappa shape index (κ3) is 15.9. The molecule has 0 aromatic carbocycles. The van der Waals surface area contributed by atoms with E-state index in [2.05, 4.69) is 44.4 Å². The van der Waals surface area contributed by atoms with Gasteiger partial charge in [-0.25, -0.2) is 14.4 Å². The molecule has 3 N–H and O–H groups in total. The number of pyridine rings is 1. The lowest BCUT2D eigenvalue weighted by Crippen LogP contribution is -2.46. The molecule has 2 aliphatic heterocycles. The van der Waals surface area contributed by atoms with Crippen LogP contribution in [-0.4, -0.2) is 92.7 Å². The molecular weight excluding hydrogens is 653 g/mol. The fraction of sp³-hybridized carbons (Fsp3) is 0.538. The van der Waals surface area contributed by atoms with E-state index in [4.69, 9.17) is 29.7 Å². The van der Waals surface area contributed by atoms with Gasteiger partial charge in [-0.1, -0.05) is 12.1 Å². The van der Waals surface area contributed by atoms with Gasteiger partial charge >= 0.3 is 36.4 Å². The van der Waals surface area contributed by atoms with Crippen molar-refractivity contribution in [2.75, 3.05) is 26.2 Å². The fourth-order valence-electron chi connectivity index (χ4n) is 4.21. The van der Waals surface area contributed by atoms with E-state index in [9.17, 15) is 39.5 Å². The molecule has 2 fully saturated rings. The first-order valence-electron chi connectivity index (χ1n) is 12.9. The van der Waals surface area contributed by atoms with E-state index in [-0.39, 0.29) is 0 Å². The number of likely N-dealkylation sites (tertiary alicyclic amines) is 2. The monoisotopic (exact) mass is 683 g/mol. The van der Waals surface area contributed by atoms with Crippen LogP contribution in [0.3, 0.4) is 0 Å². The molecular formula is C26H30F9N3O6S. The predicted octanol–water partition coefficient (Wildman–Crippen LogP) is 5.92. The van der Waals surface area contributed by atoms with Gasteiger partial charge in [0.1, 0.15) is 0 Å². The smallest absolute Gasteiger partial charge is 0.475 e. The second kappa shape index (κ2) is 17.3. The topological polar surface area (TPSA) is 131 Å². The second-order valence-corrected chi connectivity index (χ2v) is 10.9. The number of aromatic nitrogens is 1. The number of alkyl halides is 9. The lowest BCUT2D eigenvalue weighted by atomic mass is 9.71. The van der Waals surface area contributed by atoms with Crippen LogP contribution in [0.4, 0.5) is 39.5 Å². The van der Waals surface area contributed by atoms with Gasteiger partial charge in [-0.2, -0.15) is 39.5 Å². The molecule has 4 heterocycles. The number of hydrogen-bond donors (Lipinski definition) is 3. The maximum Gasteiger partial charge on any atom is 0.490 e. The highest BCUT2D eigenvalue weighted by molar-refractivity contribution is 7.09. The van der Waals surface area contributed by atoms with E-state index in [1.807, 2.05) is 23.6 Å². The van der Waals surface area contributed by atoms with Gasteiger partial charge in [0.25, 0.3) is 0 Å². The summed E-state index contributed by atoms with van der Waals surface area (Å²) in [4.78, 5) is 37.9. The third-order valence-corrected chi connectivity index (χ3v) is 7.49. The number of nitrogens with zero attached hydrogens (tertiary/aromatic N) is 3. The molecule has 2 aliphatic rings. The van der Waals surface area contributed by atoms with Crippen LogP contribution in [-0.2, 0) is 27.5 Å². The molecule has 0 atom stereocenters. The summed E-state index contributed by atoms with van der Waals surface area (Å²) in [5.74, 6) is -8.27. The fourth-order valence-corrected chi connectivity index (χ4v) is 4.96. The standard InChI is InChI=1S/C20H27N3S.3C2HF3O2/c1-2-10-21-18(4-1)16-22-11-6-20(7-12-22)8-13-23(14-9-20)17-19-5-3-15-24-19;3*3-2(4,5)1(6)7/h1-5,10,15H,6-9,11-14,16-17H2;3*(H,6,7). The number of carboxylic acids is 3. The molecule has 2 aromatic heterocycles. The SMILES string of the molecule is O=C(O)C(F)(F)F.O=C(O)C(F)(F)F.O=C(O)C(F)(F)F.c1ccc(CN2CCC3(CC2)CCN(Cc2cccs2)CC3)nc1. The van der Waals surface area contributed by atoms with Crippen molar-refractivity contribution < 1.29 is 69.2 Å². The first kappa shape index (κ1) is 39.6. The first-order chi connectivity index (χ1) is 20.6. The van der Waals surface area contributed by atoms with Gasteiger partial charge in [-0.15, -0.1) is 11.3 Å². The average molecular weight is 684 g/mol. The van der Waals surface area contributed by atoms with E-state index in [1.54, 1.807) is 0 Å². The maximum atomic E-state index is 10.6. The number of hydrogen-bond acceptors (Lipinski definition) is 7. The Morgan fingerprint density at radius 1 is 0.689 bits per heavy atom. The summed E-state index contributed by atoms with van der Waals surface area (Å²) >= 11 is 1.89. The molecule has 0 unspecified atom stereocenters. The van der Waals surface area contributed by atoms with Crippen molar-refractivity contribution in [3.05, 3.63) is 52.5 Å². The Balaban J connectivity index is 0.000000396. The molecule has 0 aliphatic carbocycles. The summed E-state index contributed by atoms with van der Waals surface area (Å²) in [6, 6.07) is 10.7. The van der Waals surface area contributed by atoms with Crippen molar-refractivity contribution in [1.82, 2.24) is 14.8 Å². The molecule has 19 heteroatoms. The number of aliphatic carboxylic acids is 3. The van der Waals surface area contributed by atoms with Crippen LogP contribution in [0, 0.1) is 5.41 Å². The highest BCUT2D eigenvalue weighted by Crippen LogP contribution is 2.41. The molecule has 4 rings (SSSR count). The molecule has 45 heavy (non-hydrogen) atoms. The van der Waals surface area contributed by atoms with Gasteiger partial charge in [-0.3, -0.25) is 14.8 Å². The summed E-state index contributed by atoms with van der Waals surface area (Å²) < 4.78 is 95.2. The minimum Gasteiger partial charge on any atom is -0.475 e. The van der Waals surface area contributed by atoms with Crippen LogP contribution in [0.5, 0.6) is 0 Å². The Kier molecular flexibility index (Phi) is 15.2. The van der Waals surface area contributed by atoms with E-state index >= 15 is 0 Å². The van der Waals surface area contributed by atoms with Crippen LogP contribution in [0.25, 0.3) is 0 Å². The molecule has 2 saturated heterocycles. The Bertz CT molecular complexity index is 1120. The van der Waals surface area contributed by atoms with Gasteiger partial charge in [-0.05, 0) is 80.9 Å². The minimum absolute atomic E-state index is 0.618. The molecule has 254 valence electrons. The predicted molar refractivity (Wildman–Crippen MR) is 141 cm³/mol. The lowest BCUT2D eigenvalue weighted by Gasteiger charge is -2.46. The zero-order chi connectivity index (χ0) is 34.5. The number of piperidine rings is 2. The zero-order valence-electron chi connectivity index (χ0n) is 23.3. The average Bonchev–Trinajstić information content (AvgIpc) is 3.45. The largest absolute Gasteiger partial charge is 0.490 e. The van der Waals surface area contributed by atoms with Gasteiger partial charge < -0.3 is 15.3 Å². The van der Waals surface area contributed by atoms with Crippen molar-refractivity contribution in [3.63, 3.8) is 0 Å². The molecule has 1 spiro atoms. The van der Waals surface area contributed by atoms with Crippen LogP contribution in [0.15, 0.2) is 41.9 Å². The van der Waals surface area contributed by atoms with Crippen molar-refractivity contribution in [1.29, 1.82) is 0 Å². The minimum atomic E-state index is -5.08. The maximum absolute atomic E-state index is 10.6. The van der Waals surface area contributed by atoms with Gasteiger partial charge in [0, 0.05) is 24.2 Å². The van der Waals surface area contributed by atoms with E-state index in [0.29, 0.717) is 5.41 Å². The Morgan fingerprint density at radius 2 is 1.09 bits per heavy atom. The van der Waals surface area contributed by atoms with Gasteiger partial charge in [0.15, 0.2) is 0 Å². The third-order valence-electron chi connectivity index (χ3n) is 6.63. The summed E-state index contributed by atoms with van der Waals surface area (Å²) in [6.45, 7) is 7.19. The lowest BCUT2D eigenvalue weighted by molar-refractivity contribution is -0.193. The normalized spacial score (nSPS) is 17.0. The number of rotatable bonds is 4. The van der Waals surface area contributed by atoms with E-state index in [1.165, 1.54) is 62.4 Å². The highest BCUT2D eigenvalue weighted by atomic mass is 32.1. The van der Waals surface area contributed by atoms with Crippen LogP contribution in [0.1, 0.15) is 36.3 Å². The molecule has 0 bridgehead atoms. The molecule has 9 nitrogen and oxygen atoms in total. The van der Waals surface area contributed by atoms with Crippen molar-refractivity contribution in [2.45, 2.75) is 57.3 Å². The zero-order valence-corrected chi connectivity index (χ0v) is 24.1. The quantitative estimate of drug-likeness (QED) is 0.336. The van der Waals surface area contributed by atoms with Crippen LogP contribution < -0.4 is 0 Å². The number of carbonyl (C=O) groups is 3. The molecule has 0 amide bonds. The Labute approximate surface area is 254 Å². The Hall–Kier alpha value is -3.45. The molecule has 0 saturated carbocycles. The molecule has 0 radical (unpaired) electrons. The number of halogens is 9.